The van der Waals surface area contributed by atoms with Crippen molar-refractivity contribution in [3.63, 3.8) is 0 Å². The largest absolute Gasteiger partial charge is 0.327 e. The summed E-state index contributed by atoms with van der Waals surface area (Å²) in [4.78, 5) is 15.4. The van der Waals surface area contributed by atoms with Crippen LogP contribution in [-0.4, -0.2) is 31.0 Å². The van der Waals surface area contributed by atoms with Gasteiger partial charge in [0.2, 0.25) is 0 Å². The molecule has 0 saturated heterocycles. The van der Waals surface area contributed by atoms with Gasteiger partial charge in [0, 0.05) is 31.9 Å². The molecule has 1 aromatic carbocycles. The predicted octanol–water partition coefficient (Wildman–Crippen LogP) is 2.54. The van der Waals surface area contributed by atoms with Crippen molar-refractivity contribution < 1.29 is 4.39 Å². The lowest BCUT2D eigenvalue weighted by molar-refractivity contribution is 0.232. The highest BCUT2D eigenvalue weighted by Crippen LogP contribution is 2.21. The normalized spacial score (nSPS) is 15.0. The van der Waals surface area contributed by atoms with Crippen molar-refractivity contribution in [2.75, 3.05) is 6.54 Å². The quantitative estimate of drug-likeness (QED) is 0.746. The highest BCUT2D eigenvalue weighted by atomic mass is 19.1. The standard InChI is InChI=1S/C17H18FN5/c1-2-23-16-4-3-13(18)7-14(16)21-17(23)10-22-6-5-12-8-19-11-20-15(12)9-22/h3-4,7-8,11H,2,5-6,9-10H2,1H3. The molecule has 0 aliphatic carbocycles. The van der Waals surface area contributed by atoms with Gasteiger partial charge in [-0.05, 0) is 31.0 Å². The van der Waals surface area contributed by atoms with E-state index in [2.05, 4.69) is 31.3 Å². The van der Waals surface area contributed by atoms with Gasteiger partial charge in [0.15, 0.2) is 0 Å². The fourth-order valence-electron chi connectivity index (χ4n) is 3.27. The molecule has 3 aromatic rings. The lowest BCUT2D eigenvalue weighted by Gasteiger charge is -2.27. The first-order valence-electron chi connectivity index (χ1n) is 7.89. The van der Waals surface area contributed by atoms with Gasteiger partial charge in [0.05, 0.1) is 23.3 Å². The molecule has 0 bridgehead atoms. The van der Waals surface area contributed by atoms with Crippen LogP contribution in [0, 0.1) is 5.82 Å². The van der Waals surface area contributed by atoms with E-state index in [9.17, 15) is 4.39 Å². The molecule has 0 fully saturated rings. The zero-order valence-corrected chi connectivity index (χ0v) is 13.0. The van der Waals surface area contributed by atoms with Crippen LogP contribution in [0.3, 0.4) is 0 Å². The second-order valence-electron chi connectivity index (χ2n) is 5.86. The molecule has 1 aliphatic rings. The van der Waals surface area contributed by atoms with E-state index in [4.69, 9.17) is 0 Å². The van der Waals surface area contributed by atoms with Crippen molar-refractivity contribution in [2.24, 2.45) is 0 Å². The molecule has 118 valence electrons. The minimum atomic E-state index is -0.242. The lowest BCUT2D eigenvalue weighted by Crippen LogP contribution is -2.31. The van der Waals surface area contributed by atoms with Crippen LogP contribution in [0.5, 0.6) is 0 Å². The highest BCUT2D eigenvalue weighted by molar-refractivity contribution is 5.76. The van der Waals surface area contributed by atoms with E-state index in [1.165, 1.54) is 17.7 Å². The summed E-state index contributed by atoms with van der Waals surface area (Å²) in [5.41, 5.74) is 4.04. The topological polar surface area (TPSA) is 46.8 Å². The van der Waals surface area contributed by atoms with Crippen molar-refractivity contribution in [3.8, 4) is 0 Å². The SMILES string of the molecule is CCn1c(CN2CCc3cncnc3C2)nc2cc(F)ccc21. The third-order valence-corrected chi connectivity index (χ3v) is 4.42. The molecule has 0 atom stereocenters. The van der Waals surface area contributed by atoms with Crippen LogP contribution in [0.1, 0.15) is 24.0 Å². The van der Waals surface area contributed by atoms with Crippen molar-refractivity contribution in [2.45, 2.75) is 33.0 Å². The number of aryl methyl sites for hydroxylation is 1. The maximum Gasteiger partial charge on any atom is 0.125 e. The minimum Gasteiger partial charge on any atom is -0.327 e. The molecule has 0 spiro atoms. The van der Waals surface area contributed by atoms with Crippen LogP contribution < -0.4 is 0 Å². The molecule has 23 heavy (non-hydrogen) atoms. The number of nitrogens with zero attached hydrogens (tertiary/aromatic N) is 5. The lowest BCUT2D eigenvalue weighted by atomic mass is 10.1. The molecule has 0 N–H and O–H groups in total. The van der Waals surface area contributed by atoms with Crippen LogP contribution in [0.25, 0.3) is 11.0 Å². The zero-order chi connectivity index (χ0) is 15.8. The molecule has 0 unspecified atom stereocenters. The van der Waals surface area contributed by atoms with E-state index in [-0.39, 0.29) is 5.82 Å². The Balaban J connectivity index is 1.63. The number of fused-ring (bicyclic) bond motifs is 2. The van der Waals surface area contributed by atoms with Crippen LogP contribution in [0.2, 0.25) is 0 Å². The Labute approximate surface area is 133 Å². The molecule has 6 heteroatoms. The number of rotatable bonds is 3. The third-order valence-electron chi connectivity index (χ3n) is 4.42. The first-order chi connectivity index (χ1) is 11.2. The van der Waals surface area contributed by atoms with Gasteiger partial charge in [-0.1, -0.05) is 0 Å². The maximum atomic E-state index is 13.4. The Morgan fingerprint density at radius 1 is 1.30 bits per heavy atom. The molecule has 0 radical (unpaired) electrons. The first-order valence-corrected chi connectivity index (χ1v) is 7.89. The fourth-order valence-corrected chi connectivity index (χ4v) is 3.27. The fraction of sp³-hybridized carbons (Fsp3) is 0.353. The molecule has 3 heterocycles. The van der Waals surface area contributed by atoms with Gasteiger partial charge in [0.25, 0.3) is 0 Å². The van der Waals surface area contributed by atoms with E-state index in [0.717, 1.165) is 55.2 Å². The van der Waals surface area contributed by atoms with Crippen LogP contribution in [-0.2, 0) is 26.1 Å². The number of hydrogen-bond acceptors (Lipinski definition) is 4. The van der Waals surface area contributed by atoms with Crippen molar-refractivity contribution in [1.82, 2.24) is 24.4 Å². The van der Waals surface area contributed by atoms with Crippen molar-refractivity contribution in [1.29, 1.82) is 0 Å². The highest BCUT2D eigenvalue weighted by Gasteiger charge is 2.20. The predicted molar refractivity (Wildman–Crippen MR) is 85.2 cm³/mol. The smallest absolute Gasteiger partial charge is 0.125 e. The molecule has 0 amide bonds. The molecule has 5 nitrogen and oxygen atoms in total. The van der Waals surface area contributed by atoms with Crippen LogP contribution in [0.4, 0.5) is 4.39 Å². The summed E-state index contributed by atoms with van der Waals surface area (Å²) >= 11 is 0. The molecule has 4 rings (SSSR count). The van der Waals surface area contributed by atoms with E-state index >= 15 is 0 Å². The van der Waals surface area contributed by atoms with E-state index in [1.807, 2.05) is 12.3 Å². The van der Waals surface area contributed by atoms with E-state index in [0.29, 0.717) is 0 Å². The van der Waals surface area contributed by atoms with Gasteiger partial charge in [-0.15, -0.1) is 0 Å². The number of benzene rings is 1. The number of imidazole rings is 1. The Bertz CT molecular complexity index is 857. The second kappa shape index (κ2) is 5.70. The minimum absolute atomic E-state index is 0.242. The van der Waals surface area contributed by atoms with Gasteiger partial charge < -0.3 is 4.57 Å². The molecule has 2 aromatic heterocycles. The van der Waals surface area contributed by atoms with Crippen LogP contribution in [0.15, 0.2) is 30.7 Å². The van der Waals surface area contributed by atoms with Crippen LogP contribution >= 0.6 is 0 Å². The van der Waals surface area contributed by atoms with Gasteiger partial charge in [-0.2, -0.15) is 0 Å². The third kappa shape index (κ3) is 2.59. The zero-order valence-electron chi connectivity index (χ0n) is 13.0. The average molecular weight is 311 g/mol. The summed E-state index contributed by atoms with van der Waals surface area (Å²) in [6.07, 6.45) is 4.47. The summed E-state index contributed by atoms with van der Waals surface area (Å²) in [7, 11) is 0. The summed E-state index contributed by atoms with van der Waals surface area (Å²) in [5.74, 6) is 0.735. The summed E-state index contributed by atoms with van der Waals surface area (Å²) in [6, 6.07) is 4.81. The number of hydrogen-bond donors (Lipinski definition) is 0. The summed E-state index contributed by atoms with van der Waals surface area (Å²) in [6.45, 7) is 5.42. The van der Waals surface area contributed by atoms with Gasteiger partial charge in [0.1, 0.15) is 18.0 Å². The number of aromatic nitrogens is 4. The monoisotopic (exact) mass is 311 g/mol. The summed E-state index contributed by atoms with van der Waals surface area (Å²) in [5, 5.41) is 0. The molecule has 0 saturated carbocycles. The summed E-state index contributed by atoms with van der Waals surface area (Å²) < 4.78 is 15.6. The second-order valence-corrected chi connectivity index (χ2v) is 5.86. The molecule has 1 aliphatic heterocycles. The van der Waals surface area contributed by atoms with Gasteiger partial charge in [-0.25, -0.2) is 19.3 Å². The number of halogens is 1. The van der Waals surface area contributed by atoms with E-state index < -0.39 is 0 Å². The Morgan fingerprint density at radius 3 is 3.09 bits per heavy atom. The van der Waals surface area contributed by atoms with Gasteiger partial charge in [-0.3, -0.25) is 4.90 Å². The van der Waals surface area contributed by atoms with Crippen molar-refractivity contribution >= 4 is 11.0 Å². The molecular weight excluding hydrogens is 293 g/mol. The molecular formula is C17H18FN5. The van der Waals surface area contributed by atoms with Crippen molar-refractivity contribution in [3.05, 3.63) is 53.6 Å². The first kappa shape index (κ1) is 14.3. The average Bonchev–Trinajstić information content (AvgIpc) is 2.90. The Hall–Kier alpha value is -2.34. The Kier molecular flexibility index (Phi) is 3.53. The van der Waals surface area contributed by atoms with E-state index in [1.54, 1.807) is 6.33 Å². The maximum absolute atomic E-state index is 13.4. The Morgan fingerprint density at radius 2 is 2.22 bits per heavy atom. The van der Waals surface area contributed by atoms with Gasteiger partial charge >= 0.3 is 0 Å².